The van der Waals surface area contributed by atoms with Gasteiger partial charge in [-0.3, -0.25) is 4.68 Å². The molecule has 0 saturated carbocycles. The van der Waals surface area contributed by atoms with E-state index in [1.807, 2.05) is 38.7 Å². The summed E-state index contributed by atoms with van der Waals surface area (Å²) in [6, 6.07) is 10.2. The maximum absolute atomic E-state index is 13.0. The fourth-order valence-corrected chi connectivity index (χ4v) is 4.01. The first kappa shape index (κ1) is 17.2. The van der Waals surface area contributed by atoms with Crippen LogP contribution in [0.1, 0.15) is 12.1 Å². The van der Waals surface area contributed by atoms with Gasteiger partial charge in [-0.1, -0.05) is 12.1 Å². The molecule has 8 nitrogen and oxygen atoms in total. The average Bonchev–Trinajstić information content (AvgIpc) is 3.26. The van der Waals surface area contributed by atoms with Crippen LogP contribution in [0.5, 0.6) is 0 Å². The van der Waals surface area contributed by atoms with Gasteiger partial charge in [0.1, 0.15) is 5.69 Å². The Morgan fingerprint density at radius 3 is 2.68 bits per heavy atom. The first-order chi connectivity index (χ1) is 13.7. The molecule has 2 aliphatic rings. The molecule has 2 aromatic heterocycles. The van der Waals surface area contributed by atoms with Crippen molar-refractivity contribution in [1.29, 1.82) is 0 Å². The highest BCUT2D eigenvalue weighted by Crippen LogP contribution is 2.23. The van der Waals surface area contributed by atoms with Crippen molar-refractivity contribution in [2.75, 3.05) is 39.8 Å². The van der Waals surface area contributed by atoms with Crippen LogP contribution in [-0.2, 0) is 13.1 Å². The van der Waals surface area contributed by atoms with Gasteiger partial charge in [0.05, 0.1) is 23.3 Å². The largest absolute Gasteiger partial charge is 0.337 e. The Balaban J connectivity index is 1.37. The van der Waals surface area contributed by atoms with Gasteiger partial charge in [-0.05, 0) is 31.7 Å². The van der Waals surface area contributed by atoms with Crippen LogP contribution in [0.15, 0.2) is 30.3 Å². The van der Waals surface area contributed by atoms with Gasteiger partial charge >= 0.3 is 6.03 Å². The molecule has 0 aliphatic carbocycles. The second-order valence-corrected chi connectivity index (χ2v) is 7.69. The average molecular weight is 379 g/mol. The number of likely N-dealkylation sites (N-methyl/N-ethyl adjacent to an activating group) is 1. The van der Waals surface area contributed by atoms with Crippen LogP contribution in [-0.4, -0.2) is 80.3 Å². The number of urea groups is 1. The number of para-hydroxylation sites is 2. The molecular weight excluding hydrogens is 354 g/mol. The molecule has 0 unspecified atom stereocenters. The van der Waals surface area contributed by atoms with E-state index < -0.39 is 0 Å². The molecule has 28 heavy (non-hydrogen) atoms. The minimum atomic E-state index is 0.146. The maximum Gasteiger partial charge on any atom is 0.320 e. The zero-order valence-corrected chi connectivity index (χ0v) is 16.1. The van der Waals surface area contributed by atoms with E-state index >= 15 is 0 Å². The van der Waals surface area contributed by atoms with E-state index in [9.17, 15) is 4.79 Å². The molecule has 1 saturated heterocycles. The number of aromatic amines is 1. The van der Waals surface area contributed by atoms with Gasteiger partial charge in [-0.2, -0.15) is 5.10 Å². The molecule has 0 spiro atoms. The van der Waals surface area contributed by atoms with Crippen molar-refractivity contribution in [3.63, 3.8) is 0 Å². The second kappa shape index (κ2) is 6.94. The third kappa shape index (κ3) is 3.13. The molecule has 1 fully saturated rings. The van der Waals surface area contributed by atoms with Crippen molar-refractivity contribution in [2.45, 2.75) is 19.5 Å². The van der Waals surface area contributed by atoms with Crippen LogP contribution in [0.25, 0.3) is 22.6 Å². The number of nitrogens with one attached hydrogen (secondary N) is 1. The summed E-state index contributed by atoms with van der Waals surface area (Å²) in [5, 5.41) is 4.76. The predicted octanol–water partition coefficient (Wildman–Crippen LogP) is 2.00. The highest BCUT2D eigenvalue weighted by Gasteiger charge is 2.27. The minimum Gasteiger partial charge on any atom is -0.337 e. The van der Waals surface area contributed by atoms with E-state index in [1.165, 1.54) is 0 Å². The van der Waals surface area contributed by atoms with Crippen molar-refractivity contribution in [3.8, 4) is 11.5 Å². The summed E-state index contributed by atoms with van der Waals surface area (Å²) in [4.78, 5) is 27.2. The lowest BCUT2D eigenvalue weighted by atomic mass is 10.3. The van der Waals surface area contributed by atoms with Crippen LogP contribution in [0.2, 0.25) is 0 Å². The molecule has 146 valence electrons. The number of carbonyl (C=O) groups is 1. The van der Waals surface area contributed by atoms with Gasteiger partial charge in [0.2, 0.25) is 0 Å². The number of rotatable bonds is 1. The van der Waals surface area contributed by atoms with Crippen molar-refractivity contribution in [3.05, 3.63) is 36.0 Å². The molecule has 0 bridgehead atoms. The number of nitrogens with zero attached hydrogens (tertiary/aromatic N) is 6. The van der Waals surface area contributed by atoms with Crippen molar-refractivity contribution < 1.29 is 4.79 Å². The number of H-pyrrole nitrogens is 1. The van der Waals surface area contributed by atoms with Crippen LogP contribution in [0, 0.1) is 0 Å². The number of aromatic nitrogens is 4. The molecule has 1 N–H and O–H groups in total. The molecule has 8 heteroatoms. The zero-order chi connectivity index (χ0) is 19.1. The summed E-state index contributed by atoms with van der Waals surface area (Å²) in [6.45, 7) is 5.67. The summed E-state index contributed by atoms with van der Waals surface area (Å²) >= 11 is 0. The Bertz CT molecular complexity index is 966. The third-order valence-electron chi connectivity index (χ3n) is 5.69. The van der Waals surface area contributed by atoms with Gasteiger partial charge in [0.25, 0.3) is 0 Å². The van der Waals surface area contributed by atoms with E-state index in [2.05, 4.69) is 28.0 Å². The van der Waals surface area contributed by atoms with E-state index in [4.69, 9.17) is 5.10 Å². The van der Waals surface area contributed by atoms with E-state index in [-0.39, 0.29) is 6.03 Å². The molecule has 4 heterocycles. The van der Waals surface area contributed by atoms with Crippen molar-refractivity contribution >= 4 is 17.1 Å². The number of imidazole rings is 1. The smallest absolute Gasteiger partial charge is 0.320 e. The van der Waals surface area contributed by atoms with Crippen LogP contribution >= 0.6 is 0 Å². The molecular formula is C20H25N7O. The molecule has 5 rings (SSSR count). The van der Waals surface area contributed by atoms with E-state index in [1.54, 1.807) is 0 Å². The predicted molar refractivity (Wildman–Crippen MR) is 107 cm³/mol. The Hall–Kier alpha value is -2.87. The van der Waals surface area contributed by atoms with E-state index in [0.717, 1.165) is 73.9 Å². The molecule has 0 radical (unpaired) electrons. The second-order valence-electron chi connectivity index (χ2n) is 7.69. The van der Waals surface area contributed by atoms with Crippen molar-refractivity contribution in [2.24, 2.45) is 0 Å². The fraction of sp³-hybridized carbons (Fsp3) is 0.450. The Kier molecular flexibility index (Phi) is 4.27. The highest BCUT2D eigenvalue weighted by atomic mass is 16.2. The number of carbonyl (C=O) groups excluding carboxylic acids is 1. The van der Waals surface area contributed by atoms with E-state index in [0.29, 0.717) is 6.54 Å². The fourth-order valence-electron chi connectivity index (χ4n) is 4.01. The van der Waals surface area contributed by atoms with Crippen LogP contribution in [0.4, 0.5) is 4.79 Å². The normalized spacial score (nSPS) is 18.3. The number of hydrogen-bond acceptors (Lipinski definition) is 4. The van der Waals surface area contributed by atoms with Gasteiger partial charge in [-0.15, -0.1) is 0 Å². The molecule has 2 aliphatic heterocycles. The van der Waals surface area contributed by atoms with Gasteiger partial charge in [0, 0.05) is 39.3 Å². The molecule has 0 atom stereocenters. The summed E-state index contributed by atoms with van der Waals surface area (Å²) in [6.07, 6.45) is 0.910. The molecule has 1 aromatic carbocycles. The first-order valence-corrected chi connectivity index (χ1v) is 9.91. The molecule has 2 amide bonds. The minimum absolute atomic E-state index is 0.146. The SMILES string of the molecule is CN1CCN(C(=O)N2CCCn3nc(-c4nc5ccccc5[nH]4)cc3C2)CC1. The number of amides is 2. The lowest BCUT2D eigenvalue weighted by molar-refractivity contribution is 0.120. The lowest BCUT2D eigenvalue weighted by Gasteiger charge is -2.35. The topological polar surface area (TPSA) is 73.3 Å². The maximum atomic E-state index is 13.0. The number of benzene rings is 1. The Morgan fingerprint density at radius 2 is 1.86 bits per heavy atom. The van der Waals surface area contributed by atoms with Gasteiger partial charge in [0.15, 0.2) is 5.82 Å². The summed E-state index contributed by atoms with van der Waals surface area (Å²) in [5.74, 6) is 0.777. The van der Waals surface area contributed by atoms with Gasteiger partial charge < -0.3 is 19.7 Å². The van der Waals surface area contributed by atoms with Crippen LogP contribution in [0.3, 0.4) is 0 Å². The van der Waals surface area contributed by atoms with Gasteiger partial charge in [-0.25, -0.2) is 9.78 Å². The Morgan fingerprint density at radius 1 is 1.04 bits per heavy atom. The molecule has 3 aromatic rings. The monoisotopic (exact) mass is 379 g/mol. The lowest BCUT2D eigenvalue weighted by Crippen LogP contribution is -2.51. The third-order valence-corrected chi connectivity index (χ3v) is 5.69. The summed E-state index contributed by atoms with van der Waals surface area (Å²) in [7, 11) is 2.10. The Labute approximate surface area is 163 Å². The summed E-state index contributed by atoms with van der Waals surface area (Å²) in [5.41, 5.74) is 3.84. The van der Waals surface area contributed by atoms with Crippen LogP contribution < -0.4 is 0 Å². The summed E-state index contributed by atoms with van der Waals surface area (Å²) < 4.78 is 2.03. The number of hydrogen-bond donors (Lipinski definition) is 1. The standard InChI is InChI=1S/C20H25N7O/c1-24-9-11-25(12-10-24)20(28)26-7-4-8-27-15(14-26)13-18(23-27)19-21-16-5-2-3-6-17(16)22-19/h2-3,5-6,13H,4,7-12,14H2,1H3,(H,21,22). The number of piperazine rings is 1. The first-order valence-electron chi connectivity index (χ1n) is 9.91. The quantitative estimate of drug-likeness (QED) is 0.702. The highest BCUT2D eigenvalue weighted by molar-refractivity contribution is 5.78. The zero-order valence-electron chi connectivity index (χ0n) is 16.1. The number of fused-ring (bicyclic) bond motifs is 2. The van der Waals surface area contributed by atoms with Crippen molar-refractivity contribution in [1.82, 2.24) is 34.4 Å². The number of aryl methyl sites for hydroxylation is 1.